The Morgan fingerprint density at radius 3 is 2.89 bits per heavy atom. The summed E-state index contributed by atoms with van der Waals surface area (Å²) in [5.74, 6) is 0.842. The molecule has 0 spiro atoms. The lowest BCUT2D eigenvalue weighted by Gasteiger charge is -2.32. The van der Waals surface area contributed by atoms with Gasteiger partial charge in [0.2, 0.25) is 0 Å². The molecule has 0 N–H and O–H groups in total. The van der Waals surface area contributed by atoms with E-state index >= 15 is 0 Å². The minimum Gasteiger partial charge on any atom is -0.494 e. The van der Waals surface area contributed by atoms with Crippen LogP contribution in [0.4, 0.5) is 10.2 Å². The second-order valence-corrected chi connectivity index (χ2v) is 7.12. The molecule has 146 valence electrons. The van der Waals surface area contributed by atoms with Crippen LogP contribution in [0.1, 0.15) is 36.5 Å². The molecule has 2 heterocycles. The maximum Gasteiger partial charge on any atom is 0.261 e. The number of carbonyl (C=O) groups excluding carboxylic acids is 1. The number of amides is 1. The lowest BCUT2D eigenvalue weighted by atomic mass is 9.95. The molecule has 1 unspecified atom stereocenters. The number of aromatic nitrogens is 1. The molecular formula is C20H26FN3O3. The van der Waals surface area contributed by atoms with Crippen molar-refractivity contribution in [3.63, 3.8) is 0 Å². The summed E-state index contributed by atoms with van der Waals surface area (Å²) in [6.07, 6.45) is 3.19. The summed E-state index contributed by atoms with van der Waals surface area (Å²) in [5.41, 5.74) is 0.965. The number of anilines is 1. The van der Waals surface area contributed by atoms with E-state index in [4.69, 9.17) is 9.26 Å². The van der Waals surface area contributed by atoms with Gasteiger partial charge < -0.3 is 19.1 Å². The van der Waals surface area contributed by atoms with Crippen molar-refractivity contribution in [3.8, 4) is 17.1 Å². The van der Waals surface area contributed by atoms with Crippen molar-refractivity contribution in [2.24, 2.45) is 5.92 Å². The highest BCUT2D eigenvalue weighted by molar-refractivity contribution is 6.04. The van der Waals surface area contributed by atoms with Gasteiger partial charge in [0.15, 0.2) is 23.1 Å². The molecular weight excluding hydrogens is 349 g/mol. The fraction of sp³-hybridized carbons (Fsp3) is 0.500. The molecule has 1 atom stereocenters. The van der Waals surface area contributed by atoms with Gasteiger partial charge in [-0.25, -0.2) is 4.39 Å². The van der Waals surface area contributed by atoms with Crippen molar-refractivity contribution < 1.29 is 18.4 Å². The number of likely N-dealkylation sites (tertiary alicyclic amines) is 1. The molecule has 1 aliphatic heterocycles. The molecule has 3 rings (SSSR count). The Kier molecular flexibility index (Phi) is 5.68. The third-order valence-electron chi connectivity index (χ3n) is 5.11. The van der Waals surface area contributed by atoms with Crippen LogP contribution < -0.4 is 9.64 Å². The smallest absolute Gasteiger partial charge is 0.261 e. The summed E-state index contributed by atoms with van der Waals surface area (Å²) in [5, 5.41) is 4.09. The molecule has 1 saturated heterocycles. The molecule has 1 amide bonds. The number of hydrogen-bond donors (Lipinski definition) is 0. The lowest BCUT2D eigenvalue weighted by molar-refractivity contribution is 0.0672. The molecule has 0 saturated carbocycles. The van der Waals surface area contributed by atoms with Crippen molar-refractivity contribution in [1.29, 1.82) is 0 Å². The van der Waals surface area contributed by atoms with Crippen molar-refractivity contribution in [1.82, 2.24) is 10.1 Å². The molecule has 1 aliphatic rings. The van der Waals surface area contributed by atoms with E-state index in [2.05, 4.69) is 12.1 Å². The van der Waals surface area contributed by atoms with E-state index in [1.807, 2.05) is 19.0 Å². The molecule has 7 heteroatoms. The van der Waals surface area contributed by atoms with E-state index in [-0.39, 0.29) is 11.7 Å². The number of halogens is 1. The topological polar surface area (TPSA) is 58.8 Å². The van der Waals surface area contributed by atoms with Crippen LogP contribution in [-0.2, 0) is 0 Å². The first-order valence-electron chi connectivity index (χ1n) is 9.26. The number of methoxy groups -OCH3 is 1. The first-order valence-corrected chi connectivity index (χ1v) is 9.26. The largest absolute Gasteiger partial charge is 0.494 e. The quantitative estimate of drug-likeness (QED) is 0.795. The number of benzene rings is 1. The van der Waals surface area contributed by atoms with Crippen LogP contribution >= 0.6 is 0 Å². The van der Waals surface area contributed by atoms with Gasteiger partial charge in [-0.15, -0.1) is 0 Å². The van der Waals surface area contributed by atoms with E-state index < -0.39 is 5.82 Å². The number of carbonyl (C=O) groups is 1. The average Bonchev–Trinajstić information content (AvgIpc) is 3.13. The second-order valence-electron chi connectivity index (χ2n) is 7.12. The summed E-state index contributed by atoms with van der Waals surface area (Å²) in [6.45, 7) is 3.61. The van der Waals surface area contributed by atoms with Gasteiger partial charge in [-0.05, 0) is 37.0 Å². The van der Waals surface area contributed by atoms with Gasteiger partial charge in [-0.2, -0.15) is 0 Å². The lowest BCUT2D eigenvalue weighted by Crippen LogP contribution is -2.40. The van der Waals surface area contributed by atoms with Gasteiger partial charge in [0.25, 0.3) is 5.91 Å². The summed E-state index contributed by atoms with van der Waals surface area (Å²) < 4.78 is 24.4. The van der Waals surface area contributed by atoms with Crippen molar-refractivity contribution in [2.75, 3.05) is 39.2 Å². The molecule has 1 fully saturated rings. The van der Waals surface area contributed by atoms with E-state index in [1.54, 1.807) is 11.0 Å². The number of ether oxygens (including phenoxy) is 1. The molecule has 0 bridgehead atoms. The van der Waals surface area contributed by atoms with Crippen LogP contribution in [0.15, 0.2) is 22.7 Å². The zero-order valence-electron chi connectivity index (χ0n) is 16.3. The maximum absolute atomic E-state index is 13.8. The highest BCUT2D eigenvalue weighted by atomic mass is 19.1. The predicted molar refractivity (Wildman–Crippen MR) is 102 cm³/mol. The Morgan fingerprint density at radius 1 is 1.44 bits per heavy atom. The molecule has 1 aromatic heterocycles. The Labute approximate surface area is 158 Å². The minimum absolute atomic E-state index is 0.0951. The van der Waals surface area contributed by atoms with Crippen molar-refractivity contribution >= 4 is 11.7 Å². The summed E-state index contributed by atoms with van der Waals surface area (Å²) in [6, 6.07) is 4.39. The number of nitrogens with zero attached hydrogens (tertiary/aromatic N) is 3. The maximum atomic E-state index is 13.8. The number of rotatable bonds is 5. The molecule has 0 aliphatic carbocycles. The third kappa shape index (κ3) is 3.77. The van der Waals surface area contributed by atoms with Crippen LogP contribution in [0.25, 0.3) is 11.3 Å². The Balaban J connectivity index is 2.03. The predicted octanol–water partition coefficient (Wildman–Crippen LogP) is 3.82. The highest BCUT2D eigenvalue weighted by Crippen LogP contribution is 2.35. The van der Waals surface area contributed by atoms with E-state index in [1.165, 1.54) is 19.2 Å². The number of piperidine rings is 1. The van der Waals surface area contributed by atoms with Crippen LogP contribution in [0.5, 0.6) is 5.75 Å². The SMILES string of the molecule is CCC1CCCN(C(=O)c2c(N(C)C)noc2-c2ccc(F)c(OC)c2)C1. The van der Waals surface area contributed by atoms with Crippen molar-refractivity contribution in [2.45, 2.75) is 26.2 Å². The Hall–Kier alpha value is -2.57. The van der Waals surface area contributed by atoms with Crippen LogP contribution in [-0.4, -0.2) is 50.3 Å². The number of hydrogen-bond acceptors (Lipinski definition) is 5. The summed E-state index contributed by atoms with van der Waals surface area (Å²) in [7, 11) is 5.03. The van der Waals surface area contributed by atoms with E-state index in [9.17, 15) is 9.18 Å². The van der Waals surface area contributed by atoms with Crippen molar-refractivity contribution in [3.05, 3.63) is 29.6 Å². The van der Waals surface area contributed by atoms with Gasteiger partial charge in [-0.3, -0.25) is 4.79 Å². The zero-order chi connectivity index (χ0) is 19.6. The summed E-state index contributed by atoms with van der Waals surface area (Å²) >= 11 is 0. The fourth-order valence-electron chi connectivity index (χ4n) is 3.52. The second kappa shape index (κ2) is 7.98. The van der Waals surface area contributed by atoms with Gasteiger partial charge in [0.05, 0.1) is 7.11 Å². The van der Waals surface area contributed by atoms with Crippen LogP contribution in [0.3, 0.4) is 0 Å². The van der Waals surface area contributed by atoms with E-state index in [0.717, 1.165) is 32.4 Å². The fourth-order valence-corrected chi connectivity index (χ4v) is 3.52. The van der Waals surface area contributed by atoms with E-state index in [0.29, 0.717) is 28.6 Å². The van der Waals surface area contributed by atoms with Gasteiger partial charge >= 0.3 is 0 Å². The van der Waals surface area contributed by atoms with Gasteiger partial charge in [-0.1, -0.05) is 18.5 Å². The normalized spacial score (nSPS) is 17.1. The third-order valence-corrected chi connectivity index (χ3v) is 5.11. The van der Waals surface area contributed by atoms with Crippen LogP contribution in [0.2, 0.25) is 0 Å². The highest BCUT2D eigenvalue weighted by Gasteiger charge is 2.31. The van der Waals surface area contributed by atoms with Crippen LogP contribution in [0, 0.1) is 11.7 Å². The first kappa shape index (κ1) is 19.2. The zero-order valence-corrected chi connectivity index (χ0v) is 16.3. The monoisotopic (exact) mass is 375 g/mol. The molecule has 1 aromatic carbocycles. The standard InChI is InChI=1S/C20H26FN3O3/c1-5-13-7-6-10-24(12-13)20(25)17-18(27-22-19(17)23(2)3)14-8-9-15(21)16(11-14)26-4/h8-9,11,13H,5-7,10,12H2,1-4H3. The molecule has 0 radical (unpaired) electrons. The molecule has 27 heavy (non-hydrogen) atoms. The minimum atomic E-state index is -0.469. The van der Waals surface area contributed by atoms with Gasteiger partial charge in [0.1, 0.15) is 5.56 Å². The Bertz CT molecular complexity index is 819. The van der Waals surface area contributed by atoms with Gasteiger partial charge in [0, 0.05) is 32.7 Å². The first-order chi connectivity index (χ1) is 13.0. The Morgan fingerprint density at radius 2 is 2.22 bits per heavy atom. The molecule has 2 aromatic rings. The summed E-state index contributed by atoms with van der Waals surface area (Å²) in [4.78, 5) is 17.0. The average molecular weight is 375 g/mol. The molecule has 6 nitrogen and oxygen atoms in total.